The molecule has 0 heterocycles. The Morgan fingerprint density at radius 1 is 0.758 bits per heavy atom. The first kappa shape index (κ1) is 73.5. The maximum atomic E-state index is 17.7. The van der Waals surface area contributed by atoms with Gasteiger partial charge in [0, 0.05) is 66.9 Å². The Bertz CT molecular complexity index is 3140. The molecular weight excluding hydrogens is 1230 g/mol. The second-order valence-corrected chi connectivity index (χ2v) is 26.7. The van der Waals surface area contributed by atoms with E-state index in [1.807, 2.05) is 0 Å². The summed E-state index contributed by atoms with van der Waals surface area (Å²) in [6.45, 7) is 11.2. The van der Waals surface area contributed by atoms with E-state index in [0.29, 0.717) is 81.1 Å². The fourth-order valence-corrected chi connectivity index (χ4v) is 15.0. The van der Waals surface area contributed by atoms with Gasteiger partial charge in [0.25, 0.3) is 5.91 Å². The van der Waals surface area contributed by atoms with Crippen LogP contribution in [0.2, 0.25) is 0 Å². The van der Waals surface area contributed by atoms with Crippen molar-refractivity contribution < 1.29 is 85.8 Å². The van der Waals surface area contributed by atoms with E-state index in [9.17, 15) is 48.6 Å². The largest absolute Gasteiger partial charge is 0.484 e. The van der Waals surface area contributed by atoms with Crippen molar-refractivity contribution in [1.82, 2.24) is 21.3 Å². The van der Waals surface area contributed by atoms with E-state index >= 15 is 8.78 Å². The number of benzene rings is 2. The number of alkyl carbamates (subject to hydrolysis) is 1. The molecule has 6 aliphatic rings. The first-order valence-corrected chi connectivity index (χ1v) is 33.3. The van der Waals surface area contributed by atoms with Crippen molar-refractivity contribution in [3.8, 4) is 17.6 Å². The molecule has 2 aromatic rings. The normalized spacial score (nSPS) is 28.4. The van der Waals surface area contributed by atoms with Crippen molar-refractivity contribution in [3.05, 3.63) is 77.9 Å². The maximum absolute atomic E-state index is 17.7. The van der Waals surface area contributed by atoms with Crippen molar-refractivity contribution in [2.24, 2.45) is 58.0 Å². The van der Waals surface area contributed by atoms with Crippen molar-refractivity contribution in [3.63, 3.8) is 0 Å². The molecule has 10 N–H and O–H groups in total. The molecule has 4 fully saturated rings. The number of urea groups is 1. The molecule has 7 amide bonds. The second kappa shape index (κ2) is 33.6. The number of fused-ring (bicyclic) bond motifs is 6. The number of rotatable bonds is 35. The molecule has 6 aliphatic carbocycles. The number of Topliss-reactive ketones (excluding diaryl/α,β-unsaturated/α-hetero) is 1. The number of halogens is 2. The van der Waals surface area contributed by atoms with Crippen LogP contribution in [-0.2, 0) is 58.9 Å². The molecule has 520 valence electrons. The standard InChI is InChI=1S/C70H95F2N7O16/c1-43(2)62(79-60(83)25-29-90-31-33-92-35-36-93-34-32-91-30-28-75-66(88)95-41-52-50-11-8-6-7-9-12-51(50)52)64(86)78-57(13-10-27-74-65(73)87)63(85)77-47-19-21-49(22-20-47)94-42-61(84)76-46-17-14-45(15-18-46)16-23-58(81)70(89)44(3)37-53-54-39-56(71)55-38-48(80)24-26-67(55,4)69(54,72)59(82)40-68(53,70)5/h14-15,17-22,24,26,38,43-44,50-54,56-57,59,62,82,89H,8-13,16,23,25,27-37,39-42H2,1-5H3,(H,75,88)(H,76,84)(H,77,85)(H,78,86)(H,79,83)(H3,73,74,87)/t44-,50?,51?,52?,53+,54+,56+,57+,59+,62+,67+,68+,69+,70+/m1/s1. The van der Waals surface area contributed by atoms with Crippen molar-refractivity contribution >= 4 is 58.7 Å². The van der Waals surface area contributed by atoms with E-state index in [4.69, 9.17) is 34.2 Å². The molecule has 0 spiro atoms. The summed E-state index contributed by atoms with van der Waals surface area (Å²) >= 11 is 0. The maximum Gasteiger partial charge on any atom is 0.407 e. The van der Waals surface area contributed by atoms with Gasteiger partial charge in [0.1, 0.15) is 29.6 Å². The molecule has 0 aliphatic heterocycles. The van der Waals surface area contributed by atoms with Crippen LogP contribution in [0.1, 0.15) is 111 Å². The second-order valence-electron chi connectivity index (χ2n) is 26.7. The van der Waals surface area contributed by atoms with Crippen molar-refractivity contribution in [2.75, 3.05) is 89.8 Å². The van der Waals surface area contributed by atoms with Crippen LogP contribution in [0.25, 0.3) is 0 Å². The van der Waals surface area contributed by atoms with Gasteiger partial charge in [0.15, 0.2) is 23.8 Å². The third-order valence-electron chi connectivity index (χ3n) is 20.2. The summed E-state index contributed by atoms with van der Waals surface area (Å²) in [6, 6.07) is 10.1. The number of anilines is 2. The van der Waals surface area contributed by atoms with Crippen LogP contribution < -0.4 is 42.4 Å². The van der Waals surface area contributed by atoms with Crippen LogP contribution in [-0.4, -0.2) is 172 Å². The van der Waals surface area contributed by atoms with Gasteiger partial charge in [-0.1, -0.05) is 45.9 Å². The molecule has 25 heteroatoms. The number of carbonyl (C=O) groups is 8. The zero-order valence-electron chi connectivity index (χ0n) is 55.1. The van der Waals surface area contributed by atoms with E-state index in [2.05, 4.69) is 43.7 Å². The monoisotopic (exact) mass is 1330 g/mol. The third kappa shape index (κ3) is 18.2. The highest BCUT2D eigenvalue weighted by atomic mass is 19.1. The van der Waals surface area contributed by atoms with Gasteiger partial charge in [0.2, 0.25) is 17.7 Å². The minimum absolute atomic E-state index is 0.00690. The molecule has 95 heavy (non-hydrogen) atoms. The lowest BCUT2D eigenvalue weighted by Crippen LogP contribution is -2.70. The van der Waals surface area contributed by atoms with Gasteiger partial charge < -0.3 is 76.3 Å². The minimum Gasteiger partial charge on any atom is -0.484 e. The van der Waals surface area contributed by atoms with Gasteiger partial charge in [-0.3, -0.25) is 28.8 Å². The van der Waals surface area contributed by atoms with E-state index in [-0.39, 0.29) is 95.8 Å². The summed E-state index contributed by atoms with van der Waals surface area (Å²) in [5.74, 6) is 2.70. The number of alkyl halides is 2. The summed E-state index contributed by atoms with van der Waals surface area (Å²) < 4.78 is 66.9. The summed E-state index contributed by atoms with van der Waals surface area (Å²) in [7, 11) is 0. The van der Waals surface area contributed by atoms with Crippen LogP contribution in [0.5, 0.6) is 5.75 Å². The highest BCUT2D eigenvalue weighted by molar-refractivity contribution is 6.01. The van der Waals surface area contributed by atoms with E-state index < -0.39 is 112 Å². The Morgan fingerprint density at radius 2 is 1.38 bits per heavy atom. The van der Waals surface area contributed by atoms with Crippen molar-refractivity contribution in [1.29, 1.82) is 0 Å². The van der Waals surface area contributed by atoms with Crippen molar-refractivity contribution in [2.45, 2.75) is 147 Å². The van der Waals surface area contributed by atoms with E-state index in [1.54, 1.807) is 64.1 Å². The number of carbonyl (C=O) groups excluding carboxylic acids is 8. The molecular formula is C70H95F2N7O16. The van der Waals surface area contributed by atoms with Gasteiger partial charge in [-0.05, 0) is 153 Å². The number of primary amides is 1. The highest BCUT2D eigenvalue weighted by Gasteiger charge is 2.76. The van der Waals surface area contributed by atoms with Gasteiger partial charge in [0.05, 0.1) is 65.6 Å². The number of nitrogens with two attached hydrogens (primary N) is 1. The lowest BCUT2D eigenvalue weighted by Gasteiger charge is -2.63. The Kier molecular flexibility index (Phi) is 26.0. The topological polar surface area (TPSA) is 331 Å². The SMILES string of the molecule is CC(C)[C@H](NC(=O)CCOCCOCCOCCOCCNC(=O)OCC1C2CCC#CCCC21)C(=O)N[C@@H](CCCNC(N)=O)C(=O)Nc1ccc(OCC(=O)Nc2ccc(CCC(=O)[C@@]3(O)[C@H](C)C[C@H]4[C@@H]5C[C@H](F)C6=CC(=O)C=C[C@]6(C)[C@@]5(F)[C@@H](O)C[C@@]43C)cc2)cc1. The van der Waals surface area contributed by atoms with Crippen LogP contribution >= 0.6 is 0 Å². The number of ketones is 2. The van der Waals surface area contributed by atoms with Gasteiger partial charge in [-0.25, -0.2) is 18.4 Å². The summed E-state index contributed by atoms with van der Waals surface area (Å²) in [4.78, 5) is 103. The first-order chi connectivity index (χ1) is 45.4. The molecule has 2 unspecified atom stereocenters. The van der Waals surface area contributed by atoms with Crippen LogP contribution in [0.4, 0.5) is 29.7 Å². The van der Waals surface area contributed by atoms with Crippen LogP contribution in [0, 0.1) is 64.1 Å². The van der Waals surface area contributed by atoms with Crippen LogP contribution in [0.15, 0.2) is 72.3 Å². The number of aliphatic hydroxyl groups excluding tert-OH is 1. The number of aliphatic hydroxyl groups is 2. The number of hydrogen-bond acceptors (Lipinski definition) is 16. The molecule has 0 aromatic heterocycles. The predicted molar refractivity (Wildman–Crippen MR) is 347 cm³/mol. The molecule has 0 radical (unpaired) electrons. The molecule has 2 aromatic carbocycles. The van der Waals surface area contributed by atoms with Crippen LogP contribution in [0.3, 0.4) is 0 Å². The predicted octanol–water partition coefficient (Wildman–Crippen LogP) is 6.14. The summed E-state index contributed by atoms with van der Waals surface area (Å²) in [5.41, 5.74) is -0.332. The lowest BCUT2D eigenvalue weighted by atomic mass is 9.44. The number of amides is 7. The molecule has 8 rings (SSSR count). The number of allylic oxidation sites excluding steroid dienone is 4. The average Bonchev–Trinajstić information content (AvgIpc) is 1.64. The average molecular weight is 1330 g/mol. The van der Waals surface area contributed by atoms with Gasteiger partial charge in [-0.2, -0.15) is 0 Å². The molecule has 23 nitrogen and oxygen atoms in total. The molecule has 0 saturated heterocycles. The highest BCUT2D eigenvalue weighted by Crippen LogP contribution is 2.71. The first-order valence-electron chi connectivity index (χ1n) is 33.3. The number of aryl methyl sites for hydroxylation is 1. The number of ether oxygens (including phenoxy) is 6. The Labute approximate surface area is 554 Å². The quantitative estimate of drug-likeness (QED) is 0.0277. The molecule has 4 saturated carbocycles. The Balaban J connectivity index is 0.695. The van der Waals surface area contributed by atoms with E-state index in [1.165, 1.54) is 31.2 Å². The summed E-state index contributed by atoms with van der Waals surface area (Å²) in [6.07, 6.45) is 4.20. The minimum atomic E-state index is -2.33. The Morgan fingerprint density at radius 3 is 2.02 bits per heavy atom. The smallest absolute Gasteiger partial charge is 0.407 e. The number of hydrogen-bond donors (Lipinski definition) is 9. The zero-order valence-corrected chi connectivity index (χ0v) is 55.1. The Hall–Kier alpha value is -7.34. The molecule has 13 atom stereocenters. The van der Waals surface area contributed by atoms with Gasteiger partial charge in [-0.15, -0.1) is 11.8 Å². The van der Waals surface area contributed by atoms with Gasteiger partial charge >= 0.3 is 12.1 Å². The molecule has 0 bridgehead atoms. The number of nitrogens with one attached hydrogen (secondary N) is 6. The van der Waals surface area contributed by atoms with E-state index in [0.717, 1.165) is 37.3 Å². The zero-order chi connectivity index (χ0) is 68.5. The fraction of sp³-hybridized carbons (Fsp3) is 0.629. The third-order valence-corrected chi connectivity index (χ3v) is 20.2. The lowest BCUT2D eigenvalue weighted by molar-refractivity contribution is -0.223. The summed E-state index contributed by atoms with van der Waals surface area (Å²) in [5, 5.41) is 40.3. The fourth-order valence-electron chi connectivity index (χ4n) is 15.0.